The van der Waals surface area contributed by atoms with E-state index < -0.39 is 0 Å². The number of aryl methyl sites for hydroxylation is 1. The van der Waals surface area contributed by atoms with Crippen LogP contribution in [0.3, 0.4) is 0 Å². The van der Waals surface area contributed by atoms with Crippen molar-refractivity contribution < 1.29 is 4.79 Å². The van der Waals surface area contributed by atoms with Crippen LogP contribution < -0.4 is 0 Å². The van der Waals surface area contributed by atoms with Gasteiger partial charge >= 0.3 is 0 Å². The molecule has 0 aromatic heterocycles. The van der Waals surface area contributed by atoms with Gasteiger partial charge in [0.25, 0.3) is 0 Å². The lowest BCUT2D eigenvalue weighted by molar-refractivity contribution is -0.143. The highest BCUT2D eigenvalue weighted by atomic mass is 16.2. The summed E-state index contributed by atoms with van der Waals surface area (Å²) in [6.45, 7) is 5.50. The monoisotopic (exact) mass is 349 g/mol. The molecule has 26 heavy (non-hydrogen) atoms. The Morgan fingerprint density at radius 2 is 2.19 bits per heavy atom. The van der Waals surface area contributed by atoms with Gasteiger partial charge in [0.15, 0.2) is 0 Å². The molecule has 3 atom stereocenters. The van der Waals surface area contributed by atoms with Crippen molar-refractivity contribution in [1.29, 1.82) is 5.26 Å². The number of piperidine rings is 2. The van der Waals surface area contributed by atoms with Gasteiger partial charge in [0.2, 0.25) is 5.91 Å². The van der Waals surface area contributed by atoms with E-state index in [1.807, 2.05) is 4.90 Å². The van der Waals surface area contributed by atoms with E-state index in [-0.39, 0.29) is 17.9 Å². The molecule has 1 amide bonds. The predicted octanol–water partition coefficient (Wildman–Crippen LogP) is 2.65. The topological polar surface area (TPSA) is 47.3 Å². The molecule has 0 N–H and O–H groups in total. The van der Waals surface area contributed by atoms with Crippen molar-refractivity contribution >= 4 is 5.91 Å². The standard InChI is InChI=1S/C22H27N3O/c1-15-2-5-17-11-20-19-14-25(9-7-23)21(26)12-22(19,18(17)10-15)6-8-24(20)13-16-3-4-16/h2,5,10,16,19-20H,3-4,6,8-9,11-14H2,1H3/t19-,20+,22+/m0/s1. The number of carbonyl (C=O) groups excluding carboxylic acids is 1. The number of rotatable bonds is 3. The number of likely N-dealkylation sites (tertiary alicyclic amines) is 2. The minimum Gasteiger partial charge on any atom is -0.329 e. The van der Waals surface area contributed by atoms with Gasteiger partial charge in [-0.25, -0.2) is 0 Å². The molecular formula is C22H27N3O. The Hall–Kier alpha value is -1.86. The molecule has 2 heterocycles. The van der Waals surface area contributed by atoms with Crippen molar-refractivity contribution in [3.8, 4) is 6.07 Å². The van der Waals surface area contributed by atoms with Crippen LogP contribution in [0.2, 0.25) is 0 Å². The van der Waals surface area contributed by atoms with E-state index in [0.717, 1.165) is 31.8 Å². The zero-order valence-corrected chi connectivity index (χ0v) is 15.6. The van der Waals surface area contributed by atoms with Gasteiger partial charge in [-0.2, -0.15) is 5.26 Å². The maximum atomic E-state index is 12.9. The van der Waals surface area contributed by atoms with Crippen molar-refractivity contribution in [2.45, 2.75) is 50.5 Å². The van der Waals surface area contributed by atoms with Crippen molar-refractivity contribution in [3.05, 3.63) is 34.9 Å². The summed E-state index contributed by atoms with van der Waals surface area (Å²) in [7, 11) is 0. The van der Waals surface area contributed by atoms with Crippen molar-refractivity contribution in [2.75, 3.05) is 26.2 Å². The molecule has 4 heteroatoms. The van der Waals surface area contributed by atoms with Crippen LogP contribution in [0.25, 0.3) is 0 Å². The second kappa shape index (κ2) is 5.82. The normalized spacial score (nSPS) is 33.4. The van der Waals surface area contributed by atoms with Crippen LogP contribution in [0, 0.1) is 30.1 Å². The van der Waals surface area contributed by atoms with Gasteiger partial charge < -0.3 is 4.90 Å². The van der Waals surface area contributed by atoms with E-state index in [9.17, 15) is 4.79 Å². The molecule has 0 radical (unpaired) electrons. The second-order valence-corrected chi connectivity index (χ2v) is 8.99. The van der Waals surface area contributed by atoms with Crippen LogP contribution in [0.1, 0.15) is 42.4 Å². The molecule has 4 nitrogen and oxygen atoms in total. The van der Waals surface area contributed by atoms with Gasteiger partial charge in [-0.05, 0) is 56.2 Å². The summed E-state index contributed by atoms with van der Waals surface area (Å²) in [5, 5.41) is 9.15. The third-order valence-electron chi connectivity index (χ3n) is 7.41. The predicted molar refractivity (Wildman–Crippen MR) is 99.6 cm³/mol. The molecule has 1 saturated carbocycles. The van der Waals surface area contributed by atoms with E-state index in [4.69, 9.17) is 5.26 Å². The molecule has 2 saturated heterocycles. The van der Waals surface area contributed by atoms with E-state index in [2.05, 4.69) is 36.1 Å². The molecule has 5 rings (SSSR count). The van der Waals surface area contributed by atoms with E-state index >= 15 is 0 Å². The fraction of sp³-hybridized carbons (Fsp3) is 0.636. The Morgan fingerprint density at radius 3 is 2.96 bits per heavy atom. The van der Waals surface area contributed by atoms with E-state index in [1.54, 1.807) is 0 Å². The fourth-order valence-electron chi connectivity index (χ4n) is 5.91. The molecule has 0 spiro atoms. The highest BCUT2D eigenvalue weighted by molar-refractivity contribution is 5.80. The smallest absolute Gasteiger partial charge is 0.224 e. The molecule has 2 bridgehead atoms. The van der Waals surface area contributed by atoms with Crippen LogP contribution >= 0.6 is 0 Å². The largest absolute Gasteiger partial charge is 0.329 e. The summed E-state index contributed by atoms with van der Waals surface area (Å²) < 4.78 is 0. The Morgan fingerprint density at radius 1 is 1.35 bits per heavy atom. The summed E-state index contributed by atoms with van der Waals surface area (Å²) >= 11 is 0. The van der Waals surface area contributed by atoms with Crippen molar-refractivity contribution in [2.24, 2.45) is 11.8 Å². The number of hydrogen-bond donors (Lipinski definition) is 0. The third-order valence-corrected chi connectivity index (χ3v) is 7.41. The minimum atomic E-state index is -0.00659. The molecule has 1 aromatic carbocycles. The number of fused-ring (bicyclic) bond motifs is 1. The van der Waals surface area contributed by atoms with E-state index in [0.29, 0.717) is 18.4 Å². The first-order chi connectivity index (χ1) is 12.6. The Balaban J connectivity index is 1.58. The third kappa shape index (κ3) is 2.41. The van der Waals surface area contributed by atoms with E-state index in [1.165, 1.54) is 36.1 Å². The summed E-state index contributed by atoms with van der Waals surface area (Å²) in [5.74, 6) is 1.53. The number of nitriles is 1. The summed E-state index contributed by atoms with van der Waals surface area (Å²) in [5.41, 5.74) is 4.18. The molecule has 2 aliphatic carbocycles. The van der Waals surface area contributed by atoms with Gasteiger partial charge in [0.05, 0.1) is 6.07 Å². The Labute approximate surface area is 155 Å². The number of benzene rings is 1. The van der Waals surface area contributed by atoms with Crippen molar-refractivity contribution in [3.63, 3.8) is 0 Å². The zero-order chi connectivity index (χ0) is 17.9. The SMILES string of the molecule is Cc1ccc2c(c1)[C@]13CCN(CC4CC4)[C@H](C2)[C@@H]1CN(CC#N)C(=O)C3. The van der Waals surface area contributed by atoms with Crippen LogP contribution in [-0.4, -0.2) is 47.9 Å². The quantitative estimate of drug-likeness (QED) is 0.788. The first-order valence-corrected chi connectivity index (χ1v) is 10.1. The maximum absolute atomic E-state index is 12.9. The maximum Gasteiger partial charge on any atom is 0.224 e. The number of amides is 1. The first kappa shape index (κ1) is 16.3. The number of carbonyl (C=O) groups is 1. The summed E-state index contributed by atoms with van der Waals surface area (Å²) in [6, 6.07) is 9.61. The number of hydrogen-bond acceptors (Lipinski definition) is 3. The van der Waals surface area contributed by atoms with Crippen LogP contribution in [0.4, 0.5) is 0 Å². The lowest BCUT2D eigenvalue weighted by atomic mass is 9.54. The molecule has 4 aliphatic rings. The first-order valence-electron chi connectivity index (χ1n) is 10.1. The van der Waals surface area contributed by atoms with Gasteiger partial charge in [0.1, 0.15) is 6.54 Å². The fourth-order valence-corrected chi connectivity index (χ4v) is 5.91. The van der Waals surface area contributed by atoms with Crippen LogP contribution in [0.5, 0.6) is 0 Å². The Kier molecular flexibility index (Phi) is 3.66. The highest BCUT2D eigenvalue weighted by Crippen LogP contribution is 2.54. The molecule has 2 aliphatic heterocycles. The minimum absolute atomic E-state index is 0.00659. The average molecular weight is 349 g/mol. The lowest BCUT2D eigenvalue weighted by Crippen LogP contribution is -2.66. The molecule has 1 aromatic rings. The summed E-state index contributed by atoms with van der Waals surface area (Å²) in [4.78, 5) is 17.4. The molecule has 136 valence electrons. The van der Waals surface area contributed by atoms with Gasteiger partial charge in [-0.15, -0.1) is 0 Å². The van der Waals surface area contributed by atoms with Crippen molar-refractivity contribution in [1.82, 2.24) is 9.80 Å². The Bertz CT molecular complexity index is 793. The number of nitrogens with zero attached hydrogens (tertiary/aromatic N) is 3. The van der Waals surface area contributed by atoms with Crippen LogP contribution in [-0.2, 0) is 16.6 Å². The van der Waals surface area contributed by atoms with Gasteiger partial charge in [0, 0.05) is 36.9 Å². The molecule has 0 unspecified atom stereocenters. The molecular weight excluding hydrogens is 322 g/mol. The van der Waals surface area contributed by atoms with Gasteiger partial charge in [-0.3, -0.25) is 9.69 Å². The van der Waals surface area contributed by atoms with Crippen LogP contribution in [0.15, 0.2) is 18.2 Å². The average Bonchev–Trinajstić information content (AvgIpc) is 3.43. The summed E-state index contributed by atoms with van der Waals surface area (Å²) in [6.07, 6.45) is 5.54. The van der Waals surface area contributed by atoms with Gasteiger partial charge in [-0.1, -0.05) is 23.8 Å². The highest BCUT2D eigenvalue weighted by Gasteiger charge is 2.57. The zero-order valence-electron chi connectivity index (χ0n) is 15.6. The lowest BCUT2D eigenvalue weighted by Gasteiger charge is -2.60. The second-order valence-electron chi connectivity index (χ2n) is 8.99. The molecule has 3 fully saturated rings.